The van der Waals surface area contributed by atoms with E-state index in [4.69, 9.17) is 12.6 Å². The van der Waals surface area contributed by atoms with Crippen molar-refractivity contribution in [3.63, 3.8) is 0 Å². The van der Waals surface area contributed by atoms with E-state index in [1.807, 2.05) is 6.07 Å². The Balaban J connectivity index is 1.72. The molecule has 1 unspecified atom stereocenters. The molecule has 0 fully saturated rings. The van der Waals surface area contributed by atoms with Crippen LogP contribution in [-0.4, -0.2) is 33.8 Å². The predicted molar refractivity (Wildman–Crippen MR) is 70.0 cm³/mol. The second-order valence-corrected chi connectivity index (χ2v) is 4.77. The van der Waals surface area contributed by atoms with Crippen molar-refractivity contribution < 1.29 is 4.90 Å². The van der Waals surface area contributed by atoms with E-state index in [-0.39, 0.29) is 0 Å². The Labute approximate surface area is 112 Å². The summed E-state index contributed by atoms with van der Waals surface area (Å²) in [5.74, 6) is 0. The zero-order valence-electron chi connectivity index (χ0n) is 10.4. The van der Waals surface area contributed by atoms with Gasteiger partial charge in [0.2, 0.25) is 0 Å². The Bertz CT molecular complexity index is 470. The molecule has 0 aliphatic rings. The number of rotatable bonds is 6. The zero-order chi connectivity index (χ0) is 12.8. The second-order valence-electron chi connectivity index (χ2n) is 4.41. The molecule has 5 nitrogen and oxygen atoms in total. The summed E-state index contributed by atoms with van der Waals surface area (Å²) in [4.78, 5) is 1.47. The van der Waals surface area contributed by atoms with Gasteiger partial charge in [-0.1, -0.05) is 30.3 Å². The van der Waals surface area contributed by atoms with Crippen molar-refractivity contribution in [1.82, 2.24) is 20.2 Å². The number of aromatic nitrogens is 4. The molecule has 1 aromatic heterocycles. The molecular weight excluding hydrogens is 246 g/mol. The summed E-state index contributed by atoms with van der Waals surface area (Å²) in [5, 5.41) is 11.5. The largest absolute Gasteiger partial charge is 0.739 e. The van der Waals surface area contributed by atoms with Crippen LogP contribution in [0, 0.1) is 0 Å². The molecule has 1 N–H and O–H groups in total. The van der Waals surface area contributed by atoms with E-state index in [0.29, 0.717) is 5.16 Å². The van der Waals surface area contributed by atoms with Crippen molar-refractivity contribution in [2.75, 3.05) is 13.6 Å². The van der Waals surface area contributed by atoms with Crippen LogP contribution in [0.3, 0.4) is 0 Å². The highest BCUT2D eigenvalue weighted by molar-refractivity contribution is 7.58. The molecule has 1 aromatic carbocycles. The molecule has 0 spiro atoms. The Morgan fingerprint density at radius 3 is 2.72 bits per heavy atom. The molecule has 2 rings (SSSR count). The van der Waals surface area contributed by atoms with Gasteiger partial charge in [-0.2, -0.15) is 0 Å². The third-order valence-corrected chi connectivity index (χ3v) is 3.11. The fourth-order valence-corrected chi connectivity index (χ4v) is 2.06. The first-order chi connectivity index (χ1) is 8.75. The van der Waals surface area contributed by atoms with Gasteiger partial charge in [0.25, 0.3) is 0 Å². The SMILES string of the molecule is C[NH+](CCCn1nnnc1[S-])Cc1ccccc1. The molecule has 0 saturated heterocycles. The molecule has 0 aliphatic carbocycles. The van der Waals surface area contributed by atoms with Gasteiger partial charge in [0.1, 0.15) is 6.54 Å². The molecular formula is C12H17N5S. The summed E-state index contributed by atoms with van der Waals surface area (Å²) >= 11 is 4.99. The lowest BCUT2D eigenvalue weighted by atomic mass is 10.2. The summed E-state index contributed by atoms with van der Waals surface area (Å²) in [5.41, 5.74) is 1.36. The highest BCUT2D eigenvalue weighted by atomic mass is 32.1. The van der Waals surface area contributed by atoms with Gasteiger partial charge in [-0.15, -0.1) is 5.10 Å². The van der Waals surface area contributed by atoms with Gasteiger partial charge < -0.3 is 17.5 Å². The van der Waals surface area contributed by atoms with Gasteiger partial charge in [-0.25, -0.2) is 0 Å². The lowest BCUT2D eigenvalue weighted by Crippen LogP contribution is -3.07. The maximum atomic E-state index is 4.99. The Kier molecular flexibility index (Phi) is 4.60. The molecule has 96 valence electrons. The monoisotopic (exact) mass is 263 g/mol. The minimum Gasteiger partial charge on any atom is -0.739 e. The normalized spacial score (nSPS) is 12.5. The van der Waals surface area contributed by atoms with Crippen LogP contribution in [-0.2, 0) is 25.7 Å². The standard InChI is InChI=1S/C12H17N5S/c1-16(10-11-6-3-2-4-7-11)8-5-9-17-12(18)13-14-15-17/h2-4,6-7H,5,8-10H2,1H3,(H,13,15,18). The van der Waals surface area contributed by atoms with Crippen LogP contribution in [0.15, 0.2) is 35.5 Å². The zero-order valence-corrected chi connectivity index (χ0v) is 11.2. The number of nitrogens with one attached hydrogen (secondary N) is 1. The molecule has 18 heavy (non-hydrogen) atoms. The van der Waals surface area contributed by atoms with Crippen LogP contribution in [0.4, 0.5) is 0 Å². The average molecular weight is 263 g/mol. The molecule has 1 heterocycles. The lowest BCUT2D eigenvalue weighted by Gasteiger charge is -2.14. The van der Waals surface area contributed by atoms with Crippen LogP contribution in [0.25, 0.3) is 0 Å². The van der Waals surface area contributed by atoms with Crippen molar-refractivity contribution in [2.45, 2.75) is 24.7 Å². The number of benzene rings is 1. The van der Waals surface area contributed by atoms with Crippen molar-refractivity contribution in [3.8, 4) is 0 Å². The molecule has 2 aromatic rings. The molecule has 0 bridgehead atoms. The first kappa shape index (κ1) is 12.9. The van der Waals surface area contributed by atoms with Crippen molar-refractivity contribution in [3.05, 3.63) is 35.9 Å². The van der Waals surface area contributed by atoms with E-state index < -0.39 is 0 Å². The fraction of sp³-hybridized carbons (Fsp3) is 0.417. The number of hydrogen-bond donors (Lipinski definition) is 1. The van der Waals surface area contributed by atoms with Gasteiger partial charge in [0.05, 0.1) is 13.6 Å². The van der Waals surface area contributed by atoms with Crippen LogP contribution in [0.5, 0.6) is 0 Å². The van der Waals surface area contributed by atoms with Gasteiger partial charge in [0.15, 0.2) is 0 Å². The summed E-state index contributed by atoms with van der Waals surface area (Å²) in [7, 11) is 2.20. The maximum Gasteiger partial charge on any atom is 0.103 e. The number of tetrazole rings is 1. The van der Waals surface area contributed by atoms with Gasteiger partial charge in [-0.05, 0) is 10.4 Å². The molecule has 0 saturated carbocycles. The fourth-order valence-electron chi connectivity index (χ4n) is 1.90. The van der Waals surface area contributed by atoms with E-state index in [9.17, 15) is 0 Å². The van der Waals surface area contributed by atoms with E-state index in [1.54, 1.807) is 4.68 Å². The molecule has 6 heteroatoms. The summed E-state index contributed by atoms with van der Waals surface area (Å²) < 4.78 is 1.67. The number of quaternary nitrogens is 1. The molecule has 0 aliphatic heterocycles. The Hall–Kier alpha value is -1.53. The number of nitrogens with zero attached hydrogens (tertiary/aromatic N) is 4. The average Bonchev–Trinajstić information content (AvgIpc) is 2.76. The minimum absolute atomic E-state index is 0.468. The van der Waals surface area contributed by atoms with Gasteiger partial charge >= 0.3 is 0 Å². The van der Waals surface area contributed by atoms with Gasteiger partial charge in [-0.3, -0.25) is 4.68 Å². The molecule has 0 radical (unpaired) electrons. The third-order valence-electron chi connectivity index (χ3n) is 2.82. The first-order valence-corrected chi connectivity index (χ1v) is 6.45. The van der Waals surface area contributed by atoms with Crippen LogP contribution < -0.4 is 4.90 Å². The quantitative estimate of drug-likeness (QED) is 0.726. The van der Waals surface area contributed by atoms with E-state index in [1.165, 1.54) is 10.5 Å². The highest BCUT2D eigenvalue weighted by Gasteiger charge is 2.03. The van der Waals surface area contributed by atoms with Gasteiger partial charge in [0, 0.05) is 23.7 Å². The van der Waals surface area contributed by atoms with Crippen LogP contribution in [0.2, 0.25) is 0 Å². The van der Waals surface area contributed by atoms with E-state index in [2.05, 4.69) is 46.8 Å². The van der Waals surface area contributed by atoms with Crippen LogP contribution >= 0.6 is 0 Å². The van der Waals surface area contributed by atoms with Crippen LogP contribution in [0.1, 0.15) is 12.0 Å². The Morgan fingerprint density at radius 2 is 2.06 bits per heavy atom. The lowest BCUT2D eigenvalue weighted by molar-refractivity contribution is -0.894. The summed E-state index contributed by atoms with van der Waals surface area (Å²) in [6.45, 7) is 2.90. The molecule has 1 atom stereocenters. The molecule has 0 amide bonds. The summed E-state index contributed by atoms with van der Waals surface area (Å²) in [6.07, 6.45) is 1.02. The van der Waals surface area contributed by atoms with Crippen molar-refractivity contribution >= 4 is 12.6 Å². The number of aryl methyl sites for hydroxylation is 1. The first-order valence-electron chi connectivity index (χ1n) is 6.04. The van der Waals surface area contributed by atoms with Crippen molar-refractivity contribution in [1.29, 1.82) is 0 Å². The second kappa shape index (κ2) is 6.42. The topological polar surface area (TPSA) is 48.0 Å². The Morgan fingerprint density at radius 1 is 1.28 bits per heavy atom. The van der Waals surface area contributed by atoms with E-state index in [0.717, 1.165) is 26.1 Å². The summed E-state index contributed by atoms with van der Waals surface area (Å²) in [6, 6.07) is 10.5. The number of hydrogen-bond acceptors (Lipinski definition) is 4. The highest BCUT2D eigenvalue weighted by Crippen LogP contribution is 1.95. The van der Waals surface area contributed by atoms with Crippen molar-refractivity contribution in [2.24, 2.45) is 0 Å². The predicted octanol–water partition coefficient (Wildman–Crippen LogP) is -0.316. The maximum absolute atomic E-state index is 4.99. The smallest absolute Gasteiger partial charge is 0.103 e. The van der Waals surface area contributed by atoms with E-state index >= 15 is 0 Å². The minimum atomic E-state index is 0.468. The third kappa shape index (κ3) is 3.75.